The maximum absolute atomic E-state index is 12.5. The second-order valence-corrected chi connectivity index (χ2v) is 5.61. The van der Waals surface area contributed by atoms with Crippen LogP contribution >= 0.6 is 23.4 Å². The number of nitrogens with zero attached hydrogens (tertiary/aromatic N) is 2. The molecule has 1 heterocycles. The topological polar surface area (TPSA) is 44.1 Å². The summed E-state index contributed by atoms with van der Waals surface area (Å²) in [6, 6.07) is 5.15. The third-order valence-corrected chi connectivity index (χ3v) is 3.77. The predicted molar refractivity (Wildman–Crippen MR) is 79.3 cm³/mol. The largest absolute Gasteiger partial charge is 0.383 e. The standard InChI is InChI=1S/C13H15ClN2O2S/c1-3-19-13-15-11-8-9(14)4-5-10(11)12(17)16(13)6-7-18-2/h4-5,8H,3,6-7H2,1-2H3. The molecule has 0 fully saturated rings. The quantitative estimate of drug-likeness (QED) is 0.629. The van der Waals surface area contributed by atoms with Crippen LogP contribution in [0.15, 0.2) is 28.2 Å². The van der Waals surface area contributed by atoms with E-state index in [2.05, 4.69) is 4.98 Å². The number of halogens is 1. The predicted octanol–water partition coefficient (Wildman–Crippen LogP) is 2.81. The molecule has 0 aliphatic heterocycles. The molecule has 1 aromatic heterocycles. The van der Waals surface area contributed by atoms with Crippen molar-refractivity contribution in [1.82, 2.24) is 9.55 Å². The molecule has 1 aromatic carbocycles. The molecule has 0 aliphatic rings. The third-order valence-electron chi connectivity index (χ3n) is 2.67. The lowest BCUT2D eigenvalue weighted by Gasteiger charge is -2.12. The Morgan fingerprint density at radius 1 is 1.47 bits per heavy atom. The molecule has 0 saturated carbocycles. The first-order valence-electron chi connectivity index (χ1n) is 5.99. The van der Waals surface area contributed by atoms with Gasteiger partial charge in [-0.05, 0) is 24.0 Å². The molecule has 0 radical (unpaired) electrons. The Balaban J connectivity index is 2.63. The van der Waals surface area contributed by atoms with Crippen molar-refractivity contribution in [2.75, 3.05) is 19.5 Å². The van der Waals surface area contributed by atoms with Gasteiger partial charge in [-0.25, -0.2) is 4.98 Å². The Kier molecular flexibility index (Phi) is 4.85. The molecule has 102 valence electrons. The van der Waals surface area contributed by atoms with Crippen LogP contribution in [0.3, 0.4) is 0 Å². The summed E-state index contributed by atoms with van der Waals surface area (Å²) < 4.78 is 6.71. The van der Waals surface area contributed by atoms with Crippen molar-refractivity contribution in [1.29, 1.82) is 0 Å². The summed E-state index contributed by atoms with van der Waals surface area (Å²) in [6.45, 7) is 3.01. The van der Waals surface area contributed by atoms with Gasteiger partial charge in [0.1, 0.15) is 0 Å². The van der Waals surface area contributed by atoms with Crippen molar-refractivity contribution in [3.63, 3.8) is 0 Å². The second kappa shape index (κ2) is 6.41. The first-order valence-corrected chi connectivity index (χ1v) is 7.35. The smallest absolute Gasteiger partial charge is 0.262 e. The maximum Gasteiger partial charge on any atom is 0.262 e. The van der Waals surface area contributed by atoms with Gasteiger partial charge in [0.05, 0.1) is 24.1 Å². The van der Waals surface area contributed by atoms with E-state index in [0.29, 0.717) is 34.2 Å². The van der Waals surface area contributed by atoms with E-state index < -0.39 is 0 Å². The van der Waals surface area contributed by atoms with Crippen molar-refractivity contribution < 1.29 is 4.74 Å². The number of aromatic nitrogens is 2. The Morgan fingerprint density at radius 2 is 2.26 bits per heavy atom. The molecule has 0 bridgehead atoms. The van der Waals surface area contributed by atoms with E-state index in [9.17, 15) is 4.79 Å². The first-order chi connectivity index (χ1) is 9.17. The van der Waals surface area contributed by atoms with E-state index in [1.807, 2.05) is 6.92 Å². The lowest BCUT2D eigenvalue weighted by Crippen LogP contribution is -2.25. The van der Waals surface area contributed by atoms with Crippen LogP contribution < -0.4 is 5.56 Å². The van der Waals surface area contributed by atoms with Crippen LogP contribution in [0, 0.1) is 0 Å². The molecule has 0 atom stereocenters. The number of hydrogen-bond donors (Lipinski definition) is 0. The van der Waals surface area contributed by atoms with Crippen LogP contribution in [0.4, 0.5) is 0 Å². The Bertz CT molecular complexity index is 642. The van der Waals surface area contributed by atoms with Crippen LogP contribution in [0.5, 0.6) is 0 Å². The molecule has 0 unspecified atom stereocenters. The summed E-state index contributed by atoms with van der Waals surface area (Å²) in [6.07, 6.45) is 0. The highest BCUT2D eigenvalue weighted by Crippen LogP contribution is 2.20. The zero-order chi connectivity index (χ0) is 13.8. The van der Waals surface area contributed by atoms with Crippen LogP contribution in [-0.4, -0.2) is 29.0 Å². The Morgan fingerprint density at radius 3 is 2.95 bits per heavy atom. The highest BCUT2D eigenvalue weighted by Gasteiger charge is 2.11. The third kappa shape index (κ3) is 3.11. The van der Waals surface area contributed by atoms with Gasteiger partial charge in [-0.2, -0.15) is 0 Å². The van der Waals surface area contributed by atoms with Gasteiger partial charge in [0, 0.05) is 12.1 Å². The highest BCUT2D eigenvalue weighted by molar-refractivity contribution is 7.99. The van der Waals surface area contributed by atoms with Crippen LogP contribution in [0.1, 0.15) is 6.92 Å². The highest BCUT2D eigenvalue weighted by atomic mass is 35.5. The summed E-state index contributed by atoms with van der Waals surface area (Å²) in [5, 5.41) is 1.88. The number of methoxy groups -OCH3 is 1. The zero-order valence-corrected chi connectivity index (χ0v) is 12.4. The molecule has 0 aliphatic carbocycles. The summed E-state index contributed by atoms with van der Waals surface area (Å²) >= 11 is 7.49. The number of rotatable bonds is 5. The van der Waals surface area contributed by atoms with Crippen molar-refractivity contribution in [3.8, 4) is 0 Å². The van der Waals surface area contributed by atoms with Gasteiger partial charge in [0.15, 0.2) is 5.16 Å². The van der Waals surface area contributed by atoms with Gasteiger partial charge >= 0.3 is 0 Å². The average molecular weight is 299 g/mol. The molecular weight excluding hydrogens is 284 g/mol. The number of fused-ring (bicyclic) bond motifs is 1. The molecule has 0 saturated heterocycles. The fraction of sp³-hybridized carbons (Fsp3) is 0.385. The Hall–Kier alpha value is -1.04. The van der Waals surface area contributed by atoms with Crippen molar-refractivity contribution in [2.45, 2.75) is 18.6 Å². The van der Waals surface area contributed by atoms with Crippen molar-refractivity contribution in [2.24, 2.45) is 0 Å². The van der Waals surface area contributed by atoms with E-state index in [1.165, 1.54) is 0 Å². The van der Waals surface area contributed by atoms with Crippen LogP contribution in [0.2, 0.25) is 5.02 Å². The van der Waals surface area contributed by atoms with E-state index in [0.717, 1.165) is 5.75 Å². The minimum atomic E-state index is -0.0466. The van der Waals surface area contributed by atoms with E-state index in [4.69, 9.17) is 16.3 Å². The normalized spacial score (nSPS) is 11.1. The SMILES string of the molecule is CCSc1nc2cc(Cl)ccc2c(=O)n1CCOC. The molecule has 0 N–H and O–H groups in total. The summed E-state index contributed by atoms with van der Waals surface area (Å²) in [4.78, 5) is 17.0. The minimum Gasteiger partial charge on any atom is -0.383 e. The van der Waals surface area contributed by atoms with E-state index in [1.54, 1.807) is 41.6 Å². The zero-order valence-electron chi connectivity index (χ0n) is 10.9. The fourth-order valence-electron chi connectivity index (χ4n) is 1.79. The van der Waals surface area contributed by atoms with Gasteiger partial charge < -0.3 is 4.74 Å². The summed E-state index contributed by atoms with van der Waals surface area (Å²) in [5.41, 5.74) is 0.594. The number of benzene rings is 1. The van der Waals surface area contributed by atoms with Gasteiger partial charge in [-0.15, -0.1) is 0 Å². The molecule has 2 aromatic rings. The molecular formula is C13H15ClN2O2S. The number of hydrogen-bond acceptors (Lipinski definition) is 4. The second-order valence-electron chi connectivity index (χ2n) is 3.94. The van der Waals surface area contributed by atoms with Crippen LogP contribution in [0.25, 0.3) is 10.9 Å². The number of ether oxygens (including phenoxy) is 1. The van der Waals surface area contributed by atoms with E-state index in [-0.39, 0.29) is 5.56 Å². The molecule has 4 nitrogen and oxygen atoms in total. The molecule has 0 spiro atoms. The van der Waals surface area contributed by atoms with Gasteiger partial charge in [0.25, 0.3) is 5.56 Å². The summed E-state index contributed by atoms with van der Waals surface area (Å²) in [7, 11) is 1.62. The van der Waals surface area contributed by atoms with Gasteiger partial charge in [-0.3, -0.25) is 9.36 Å². The summed E-state index contributed by atoms with van der Waals surface area (Å²) in [5.74, 6) is 0.853. The average Bonchev–Trinajstić information content (AvgIpc) is 2.38. The van der Waals surface area contributed by atoms with Crippen LogP contribution in [-0.2, 0) is 11.3 Å². The minimum absolute atomic E-state index is 0.0466. The monoisotopic (exact) mass is 298 g/mol. The van der Waals surface area contributed by atoms with Crippen molar-refractivity contribution in [3.05, 3.63) is 33.6 Å². The fourth-order valence-corrected chi connectivity index (χ4v) is 2.71. The van der Waals surface area contributed by atoms with Crippen molar-refractivity contribution >= 4 is 34.3 Å². The lowest BCUT2D eigenvalue weighted by molar-refractivity contribution is 0.183. The molecule has 0 amide bonds. The first kappa shape index (κ1) is 14.4. The van der Waals surface area contributed by atoms with Gasteiger partial charge in [-0.1, -0.05) is 30.3 Å². The molecule has 19 heavy (non-hydrogen) atoms. The lowest BCUT2D eigenvalue weighted by atomic mass is 10.2. The Labute approximate surface area is 120 Å². The maximum atomic E-state index is 12.5. The van der Waals surface area contributed by atoms with Gasteiger partial charge in [0.2, 0.25) is 0 Å². The molecule has 6 heteroatoms. The molecule has 2 rings (SSSR count). The van der Waals surface area contributed by atoms with E-state index >= 15 is 0 Å². The number of thioether (sulfide) groups is 1.